The summed E-state index contributed by atoms with van der Waals surface area (Å²) in [5, 5.41) is 13.2. The summed E-state index contributed by atoms with van der Waals surface area (Å²) in [4.78, 5) is 24.3. The zero-order chi connectivity index (χ0) is 17.8. The van der Waals surface area contributed by atoms with E-state index in [1.54, 1.807) is 12.1 Å². The highest BCUT2D eigenvalue weighted by molar-refractivity contribution is 6.04. The van der Waals surface area contributed by atoms with Crippen LogP contribution in [0.5, 0.6) is 0 Å². The standard InChI is InChI=1S/C18H18FN3O3/c19-16-12-14(6-9-17(16)21-10-2-1-3-11-21)20-18(23)13-4-7-15(8-5-13)22(24)25/h4-9,12H,1-3,10-11H2,(H,20,23). The lowest BCUT2D eigenvalue weighted by Crippen LogP contribution is -2.30. The van der Waals surface area contributed by atoms with Crippen molar-refractivity contribution in [2.75, 3.05) is 23.3 Å². The quantitative estimate of drug-likeness (QED) is 0.673. The molecule has 1 fully saturated rings. The van der Waals surface area contributed by atoms with E-state index in [9.17, 15) is 19.3 Å². The lowest BCUT2D eigenvalue weighted by molar-refractivity contribution is -0.384. The first-order valence-electron chi connectivity index (χ1n) is 8.15. The summed E-state index contributed by atoms with van der Waals surface area (Å²) in [6.07, 6.45) is 3.28. The van der Waals surface area contributed by atoms with Gasteiger partial charge in [0.2, 0.25) is 0 Å². The predicted molar refractivity (Wildman–Crippen MR) is 93.5 cm³/mol. The van der Waals surface area contributed by atoms with E-state index in [0.717, 1.165) is 25.9 Å². The van der Waals surface area contributed by atoms with E-state index in [1.807, 2.05) is 4.90 Å². The fourth-order valence-corrected chi connectivity index (χ4v) is 2.91. The van der Waals surface area contributed by atoms with Crippen LogP contribution in [-0.4, -0.2) is 23.9 Å². The molecular weight excluding hydrogens is 325 g/mol. The lowest BCUT2D eigenvalue weighted by Gasteiger charge is -2.29. The number of nitro groups is 1. The largest absolute Gasteiger partial charge is 0.369 e. The van der Waals surface area contributed by atoms with Gasteiger partial charge in [-0.05, 0) is 49.6 Å². The van der Waals surface area contributed by atoms with Crippen LogP contribution in [0.25, 0.3) is 0 Å². The number of carbonyl (C=O) groups is 1. The van der Waals surface area contributed by atoms with E-state index in [-0.39, 0.29) is 17.1 Å². The highest BCUT2D eigenvalue weighted by Crippen LogP contribution is 2.26. The second kappa shape index (κ2) is 7.29. The Morgan fingerprint density at radius 2 is 1.76 bits per heavy atom. The van der Waals surface area contributed by atoms with Gasteiger partial charge in [0.15, 0.2) is 0 Å². The fourth-order valence-electron chi connectivity index (χ4n) is 2.91. The van der Waals surface area contributed by atoms with Gasteiger partial charge in [-0.15, -0.1) is 0 Å². The highest BCUT2D eigenvalue weighted by atomic mass is 19.1. The van der Waals surface area contributed by atoms with E-state index >= 15 is 0 Å². The van der Waals surface area contributed by atoms with Gasteiger partial charge in [0.05, 0.1) is 10.6 Å². The Labute approximate surface area is 144 Å². The van der Waals surface area contributed by atoms with Crippen molar-refractivity contribution in [3.05, 3.63) is 64.0 Å². The topological polar surface area (TPSA) is 75.5 Å². The third-order valence-corrected chi connectivity index (χ3v) is 4.24. The number of carbonyl (C=O) groups excluding carboxylic acids is 1. The molecule has 0 atom stereocenters. The van der Waals surface area contributed by atoms with Crippen molar-refractivity contribution in [3.63, 3.8) is 0 Å². The molecule has 1 N–H and O–H groups in total. The minimum Gasteiger partial charge on any atom is -0.369 e. The molecule has 2 aromatic carbocycles. The summed E-state index contributed by atoms with van der Waals surface area (Å²) in [5.74, 6) is -0.816. The number of hydrogen-bond donors (Lipinski definition) is 1. The minimum absolute atomic E-state index is 0.0894. The van der Waals surface area contributed by atoms with Crippen molar-refractivity contribution in [2.45, 2.75) is 19.3 Å². The van der Waals surface area contributed by atoms with Crippen LogP contribution in [0.15, 0.2) is 42.5 Å². The first kappa shape index (κ1) is 16.9. The van der Waals surface area contributed by atoms with Crippen molar-refractivity contribution in [2.24, 2.45) is 0 Å². The molecule has 0 radical (unpaired) electrons. The third-order valence-electron chi connectivity index (χ3n) is 4.24. The van der Waals surface area contributed by atoms with Crippen LogP contribution in [0.2, 0.25) is 0 Å². The van der Waals surface area contributed by atoms with E-state index in [0.29, 0.717) is 11.4 Å². The van der Waals surface area contributed by atoms with Crippen molar-refractivity contribution < 1.29 is 14.1 Å². The van der Waals surface area contributed by atoms with Crippen LogP contribution in [0.4, 0.5) is 21.5 Å². The van der Waals surface area contributed by atoms with Gasteiger partial charge in [-0.3, -0.25) is 14.9 Å². The van der Waals surface area contributed by atoms with Gasteiger partial charge in [0, 0.05) is 36.5 Å². The normalized spacial score (nSPS) is 14.2. The van der Waals surface area contributed by atoms with E-state index < -0.39 is 10.8 Å². The summed E-state index contributed by atoms with van der Waals surface area (Å²) in [6, 6.07) is 9.89. The molecule has 0 unspecified atom stereocenters. The molecule has 0 saturated carbocycles. The van der Waals surface area contributed by atoms with Crippen molar-refractivity contribution in [1.29, 1.82) is 0 Å². The Morgan fingerprint density at radius 1 is 1.08 bits per heavy atom. The number of piperidine rings is 1. The summed E-state index contributed by atoms with van der Waals surface area (Å²) >= 11 is 0. The number of hydrogen-bond acceptors (Lipinski definition) is 4. The minimum atomic E-state index is -0.531. The zero-order valence-corrected chi connectivity index (χ0v) is 13.6. The van der Waals surface area contributed by atoms with E-state index in [1.165, 1.54) is 36.8 Å². The Kier molecular flexibility index (Phi) is 4.92. The number of anilines is 2. The Bertz CT molecular complexity index is 787. The molecule has 25 heavy (non-hydrogen) atoms. The summed E-state index contributed by atoms with van der Waals surface area (Å²) in [7, 11) is 0. The van der Waals surface area contributed by atoms with Gasteiger partial charge in [-0.1, -0.05) is 0 Å². The molecule has 1 saturated heterocycles. The molecule has 3 rings (SSSR count). The first-order valence-corrected chi connectivity index (χ1v) is 8.15. The van der Waals surface area contributed by atoms with Crippen LogP contribution in [-0.2, 0) is 0 Å². The van der Waals surface area contributed by atoms with Crippen LogP contribution >= 0.6 is 0 Å². The fraction of sp³-hybridized carbons (Fsp3) is 0.278. The number of nitro benzene ring substituents is 1. The second-order valence-electron chi connectivity index (χ2n) is 5.97. The Balaban J connectivity index is 1.70. The maximum atomic E-state index is 14.4. The smallest absolute Gasteiger partial charge is 0.269 e. The number of rotatable bonds is 4. The maximum Gasteiger partial charge on any atom is 0.269 e. The van der Waals surface area contributed by atoms with Crippen molar-refractivity contribution in [1.82, 2.24) is 0 Å². The Hall–Kier alpha value is -2.96. The average molecular weight is 343 g/mol. The van der Waals surface area contributed by atoms with Gasteiger partial charge in [0.25, 0.3) is 11.6 Å². The van der Waals surface area contributed by atoms with Crippen LogP contribution in [0.3, 0.4) is 0 Å². The van der Waals surface area contributed by atoms with Gasteiger partial charge < -0.3 is 10.2 Å². The van der Waals surface area contributed by atoms with Crippen LogP contribution < -0.4 is 10.2 Å². The summed E-state index contributed by atoms with van der Waals surface area (Å²) in [6.45, 7) is 1.68. The molecule has 7 heteroatoms. The molecule has 0 aromatic heterocycles. The molecule has 1 aliphatic rings. The Morgan fingerprint density at radius 3 is 2.36 bits per heavy atom. The van der Waals surface area contributed by atoms with Gasteiger partial charge in [0.1, 0.15) is 5.82 Å². The predicted octanol–water partition coefficient (Wildman–Crippen LogP) is 3.98. The summed E-state index contributed by atoms with van der Waals surface area (Å²) < 4.78 is 14.4. The maximum absolute atomic E-state index is 14.4. The number of halogens is 1. The SMILES string of the molecule is O=C(Nc1ccc(N2CCCCC2)c(F)c1)c1ccc([N+](=O)[O-])cc1. The molecule has 0 spiro atoms. The monoisotopic (exact) mass is 343 g/mol. The van der Waals surface area contributed by atoms with Gasteiger partial charge >= 0.3 is 0 Å². The molecule has 6 nitrogen and oxygen atoms in total. The lowest BCUT2D eigenvalue weighted by atomic mass is 10.1. The average Bonchev–Trinajstić information content (AvgIpc) is 2.62. The highest BCUT2D eigenvalue weighted by Gasteiger charge is 2.16. The molecule has 130 valence electrons. The van der Waals surface area contributed by atoms with Crippen molar-refractivity contribution >= 4 is 23.0 Å². The molecule has 1 heterocycles. The van der Waals surface area contributed by atoms with Crippen LogP contribution in [0.1, 0.15) is 29.6 Å². The number of amides is 1. The van der Waals surface area contributed by atoms with Crippen LogP contribution in [0, 0.1) is 15.9 Å². The second-order valence-corrected chi connectivity index (χ2v) is 5.97. The van der Waals surface area contributed by atoms with Gasteiger partial charge in [-0.25, -0.2) is 4.39 Å². The number of benzene rings is 2. The molecule has 2 aromatic rings. The number of non-ortho nitro benzene ring substituents is 1. The summed E-state index contributed by atoms with van der Waals surface area (Å²) in [5.41, 5.74) is 1.08. The van der Waals surface area contributed by atoms with Crippen molar-refractivity contribution in [3.8, 4) is 0 Å². The van der Waals surface area contributed by atoms with Gasteiger partial charge in [-0.2, -0.15) is 0 Å². The zero-order valence-electron chi connectivity index (χ0n) is 13.6. The molecule has 1 amide bonds. The number of nitrogens with zero attached hydrogens (tertiary/aromatic N) is 2. The number of nitrogens with one attached hydrogen (secondary N) is 1. The third kappa shape index (κ3) is 3.93. The molecule has 1 aliphatic heterocycles. The molecule has 0 aliphatic carbocycles. The van der Waals surface area contributed by atoms with E-state index in [4.69, 9.17) is 0 Å². The molecule has 0 bridgehead atoms. The molecular formula is C18H18FN3O3. The van der Waals surface area contributed by atoms with E-state index in [2.05, 4.69) is 5.32 Å². The first-order chi connectivity index (χ1) is 12.0.